The standard InChI is InChI=1S/C11H16N2/c1-8-2-3-10(7-13-8)9-4-5-11(12)6-9/h2-3,7,9,11H,4-6,12H2,1H3. The molecule has 1 saturated carbocycles. The zero-order valence-electron chi connectivity index (χ0n) is 8.03. The number of aryl methyl sites for hydroxylation is 1. The molecule has 1 aromatic heterocycles. The molecule has 0 aliphatic heterocycles. The molecule has 2 nitrogen and oxygen atoms in total. The Morgan fingerprint density at radius 1 is 1.38 bits per heavy atom. The predicted octanol–water partition coefficient (Wildman–Crippen LogP) is 1.98. The minimum atomic E-state index is 0.409. The molecule has 2 N–H and O–H groups in total. The molecule has 0 saturated heterocycles. The maximum atomic E-state index is 5.87. The van der Waals surface area contributed by atoms with Crippen molar-refractivity contribution in [1.29, 1.82) is 0 Å². The fraction of sp³-hybridized carbons (Fsp3) is 0.545. The molecule has 2 atom stereocenters. The average Bonchev–Trinajstić information content (AvgIpc) is 2.53. The Kier molecular flexibility index (Phi) is 2.32. The summed E-state index contributed by atoms with van der Waals surface area (Å²) in [5.41, 5.74) is 8.32. The highest BCUT2D eigenvalue weighted by Gasteiger charge is 2.22. The van der Waals surface area contributed by atoms with Crippen LogP contribution in [-0.2, 0) is 0 Å². The lowest BCUT2D eigenvalue weighted by molar-refractivity contribution is 0.673. The van der Waals surface area contributed by atoms with Crippen LogP contribution < -0.4 is 5.73 Å². The Hall–Kier alpha value is -0.890. The molecule has 0 aromatic carbocycles. The quantitative estimate of drug-likeness (QED) is 0.710. The molecule has 1 aromatic rings. The normalized spacial score (nSPS) is 27.8. The summed E-state index contributed by atoms with van der Waals surface area (Å²) < 4.78 is 0. The first-order valence-corrected chi connectivity index (χ1v) is 4.94. The van der Waals surface area contributed by atoms with Gasteiger partial charge in [0.05, 0.1) is 0 Å². The first kappa shape index (κ1) is 8.70. The molecular weight excluding hydrogens is 160 g/mol. The van der Waals surface area contributed by atoms with Gasteiger partial charge >= 0.3 is 0 Å². The maximum absolute atomic E-state index is 5.87. The zero-order valence-corrected chi connectivity index (χ0v) is 8.03. The highest BCUT2D eigenvalue weighted by atomic mass is 14.7. The van der Waals surface area contributed by atoms with E-state index in [1.54, 1.807) is 0 Å². The summed E-state index contributed by atoms with van der Waals surface area (Å²) >= 11 is 0. The van der Waals surface area contributed by atoms with Gasteiger partial charge in [0.15, 0.2) is 0 Å². The van der Waals surface area contributed by atoms with Crippen LogP contribution in [0.3, 0.4) is 0 Å². The van der Waals surface area contributed by atoms with Gasteiger partial charge in [0.25, 0.3) is 0 Å². The zero-order chi connectivity index (χ0) is 9.26. The van der Waals surface area contributed by atoms with E-state index in [0.717, 1.165) is 12.1 Å². The van der Waals surface area contributed by atoms with Gasteiger partial charge in [-0.3, -0.25) is 4.98 Å². The number of aromatic nitrogens is 1. The second-order valence-electron chi connectivity index (χ2n) is 4.00. The Morgan fingerprint density at radius 2 is 2.23 bits per heavy atom. The molecule has 1 aliphatic rings. The fourth-order valence-electron chi connectivity index (χ4n) is 2.04. The molecule has 1 aliphatic carbocycles. The third kappa shape index (κ3) is 1.89. The third-order valence-corrected chi connectivity index (χ3v) is 2.88. The van der Waals surface area contributed by atoms with Gasteiger partial charge < -0.3 is 5.73 Å². The van der Waals surface area contributed by atoms with Crippen LogP contribution in [0.4, 0.5) is 0 Å². The van der Waals surface area contributed by atoms with Crippen LogP contribution in [-0.4, -0.2) is 11.0 Å². The van der Waals surface area contributed by atoms with Gasteiger partial charge in [0, 0.05) is 17.9 Å². The number of nitrogens with zero attached hydrogens (tertiary/aromatic N) is 1. The van der Waals surface area contributed by atoms with E-state index in [9.17, 15) is 0 Å². The van der Waals surface area contributed by atoms with Gasteiger partial charge in [-0.1, -0.05) is 6.07 Å². The van der Waals surface area contributed by atoms with Gasteiger partial charge in [-0.05, 0) is 43.7 Å². The molecule has 0 spiro atoms. The Labute approximate surface area is 79.2 Å². The van der Waals surface area contributed by atoms with Crippen molar-refractivity contribution in [2.24, 2.45) is 5.73 Å². The summed E-state index contributed by atoms with van der Waals surface area (Å²) in [6.07, 6.45) is 5.52. The lowest BCUT2D eigenvalue weighted by Gasteiger charge is -2.08. The van der Waals surface area contributed by atoms with Crippen LogP contribution in [0.2, 0.25) is 0 Å². The second kappa shape index (κ2) is 3.46. The van der Waals surface area contributed by atoms with Gasteiger partial charge in [-0.25, -0.2) is 0 Å². The highest BCUT2D eigenvalue weighted by molar-refractivity contribution is 5.19. The van der Waals surface area contributed by atoms with Crippen molar-refractivity contribution >= 4 is 0 Å². The van der Waals surface area contributed by atoms with Crippen molar-refractivity contribution in [3.63, 3.8) is 0 Å². The van der Waals surface area contributed by atoms with Crippen molar-refractivity contribution in [3.05, 3.63) is 29.6 Å². The number of rotatable bonds is 1. The number of nitrogens with two attached hydrogens (primary N) is 1. The van der Waals surface area contributed by atoms with Gasteiger partial charge in [-0.2, -0.15) is 0 Å². The molecule has 70 valence electrons. The van der Waals surface area contributed by atoms with Gasteiger partial charge in [0.1, 0.15) is 0 Å². The Bertz CT molecular complexity index is 279. The van der Waals surface area contributed by atoms with Crippen molar-refractivity contribution in [2.75, 3.05) is 0 Å². The van der Waals surface area contributed by atoms with E-state index in [1.807, 2.05) is 13.1 Å². The molecule has 2 heteroatoms. The summed E-state index contributed by atoms with van der Waals surface area (Å²) in [6, 6.07) is 4.68. The molecule has 13 heavy (non-hydrogen) atoms. The summed E-state index contributed by atoms with van der Waals surface area (Å²) in [7, 11) is 0. The average molecular weight is 176 g/mol. The minimum Gasteiger partial charge on any atom is -0.328 e. The van der Waals surface area contributed by atoms with Crippen molar-refractivity contribution in [1.82, 2.24) is 4.98 Å². The van der Waals surface area contributed by atoms with E-state index in [1.165, 1.54) is 18.4 Å². The van der Waals surface area contributed by atoms with Crippen LogP contribution in [0, 0.1) is 6.92 Å². The summed E-state index contributed by atoms with van der Waals surface area (Å²) in [4.78, 5) is 4.31. The van der Waals surface area contributed by atoms with Crippen LogP contribution in [0.1, 0.15) is 36.4 Å². The van der Waals surface area contributed by atoms with E-state index in [2.05, 4.69) is 17.1 Å². The van der Waals surface area contributed by atoms with Gasteiger partial charge in [-0.15, -0.1) is 0 Å². The lowest BCUT2D eigenvalue weighted by atomic mass is 9.99. The van der Waals surface area contributed by atoms with E-state index in [0.29, 0.717) is 12.0 Å². The molecule has 1 heterocycles. The Morgan fingerprint density at radius 3 is 2.77 bits per heavy atom. The number of hydrogen-bond donors (Lipinski definition) is 1. The van der Waals surface area contributed by atoms with E-state index in [-0.39, 0.29) is 0 Å². The third-order valence-electron chi connectivity index (χ3n) is 2.88. The number of hydrogen-bond acceptors (Lipinski definition) is 2. The maximum Gasteiger partial charge on any atom is 0.0372 e. The molecule has 2 unspecified atom stereocenters. The largest absolute Gasteiger partial charge is 0.328 e. The first-order chi connectivity index (χ1) is 6.25. The first-order valence-electron chi connectivity index (χ1n) is 4.94. The molecular formula is C11H16N2. The predicted molar refractivity (Wildman–Crippen MR) is 53.5 cm³/mol. The smallest absolute Gasteiger partial charge is 0.0372 e. The van der Waals surface area contributed by atoms with Crippen LogP contribution in [0.5, 0.6) is 0 Å². The summed E-state index contributed by atoms with van der Waals surface area (Å²) in [6.45, 7) is 2.02. The van der Waals surface area contributed by atoms with Crippen LogP contribution >= 0.6 is 0 Å². The Balaban J connectivity index is 2.13. The van der Waals surface area contributed by atoms with E-state index >= 15 is 0 Å². The molecule has 0 amide bonds. The van der Waals surface area contributed by atoms with Crippen molar-refractivity contribution in [3.8, 4) is 0 Å². The van der Waals surface area contributed by atoms with Crippen LogP contribution in [0.25, 0.3) is 0 Å². The summed E-state index contributed by atoms with van der Waals surface area (Å²) in [5.74, 6) is 0.656. The van der Waals surface area contributed by atoms with Gasteiger partial charge in [0.2, 0.25) is 0 Å². The minimum absolute atomic E-state index is 0.409. The molecule has 1 fully saturated rings. The summed E-state index contributed by atoms with van der Waals surface area (Å²) in [5, 5.41) is 0. The van der Waals surface area contributed by atoms with E-state index < -0.39 is 0 Å². The highest BCUT2D eigenvalue weighted by Crippen LogP contribution is 2.32. The topological polar surface area (TPSA) is 38.9 Å². The molecule has 0 radical (unpaired) electrons. The second-order valence-corrected chi connectivity index (χ2v) is 4.00. The van der Waals surface area contributed by atoms with Crippen molar-refractivity contribution < 1.29 is 0 Å². The molecule has 2 rings (SSSR count). The number of pyridine rings is 1. The lowest BCUT2D eigenvalue weighted by Crippen LogP contribution is -2.14. The SMILES string of the molecule is Cc1ccc(C2CCC(N)C2)cn1. The monoisotopic (exact) mass is 176 g/mol. The van der Waals surface area contributed by atoms with Crippen LogP contribution in [0.15, 0.2) is 18.3 Å². The fourth-order valence-corrected chi connectivity index (χ4v) is 2.04. The van der Waals surface area contributed by atoms with E-state index in [4.69, 9.17) is 5.73 Å². The molecule has 0 bridgehead atoms. The van der Waals surface area contributed by atoms with Crippen molar-refractivity contribution in [2.45, 2.75) is 38.1 Å².